The van der Waals surface area contributed by atoms with Crippen LogP contribution in [0.1, 0.15) is 132 Å². The van der Waals surface area contributed by atoms with Crippen LogP contribution in [0.5, 0.6) is 0 Å². The van der Waals surface area contributed by atoms with E-state index in [-0.39, 0.29) is 65.8 Å². The number of rotatable bonds is 18. The molecule has 3 aromatic carbocycles. The molecule has 4 aromatic rings. The van der Waals surface area contributed by atoms with Crippen LogP contribution in [0.4, 0.5) is 0 Å². The molecule has 0 spiro atoms. The number of piperidine rings is 1. The minimum Gasteiger partial charge on any atom is -0.461 e. The van der Waals surface area contributed by atoms with Crippen molar-refractivity contribution in [2.24, 2.45) is 11.8 Å². The van der Waals surface area contributed by atoms with Crippen molar-refractivity contribution in [2.45, 2.75) is 128 Å². The number of hydrogen-bond donors (Lipinski definition) is 3. The van der Waals surface area contributed by atoms with Crippen molar-refractivity contribution in [3.05, 3.63) is 123 Å². The standard InChI is InChI=1S/C53H67N7O7S/c1-6-34(2)46(57-48(62)44-25-15-16-26-58(44)5)49(63)55-42-31-45(60(36(42)4)52(65)41-24-14-13-23-40(41)51(64)59-27-17-18-28-59)50-56-43(33-68-50)47(61)54-39(30-37-19-9-7-10-20-37)29-35(3)53(66)67-32-38-21-11-8-12-22-38/h7-14,19-24,33-36,39,42,44-46H,6,15-18,25-32H2,1-5H3,(H,54,61)(H,55,63)(H,57,62). The monoisotopic (exact) mass is 945 g/mol. The van der Waals surface area contributed by atoms with E-state index in [1.54, 1.807) is 46.4 Å². The van der Waals surface area contributed by atoms with E-state index in [9.17, 15) is 24.0 Å². The molecule has 3 N–H and O–H groups in total. The van der Waals surface area contributed by atoms with Crippen molar-refractivity contribution in [1.29, 1.82) is 0 Å². The zero-order chi connectivity index (χ0) is 48.3. The lowest BCUT2D eigenvalue weighted by Crippen LogP contribution is -2.58. The van der Waals surface area contributed by atoms with E-state index >= 15 is 4.79 Å². The highest BCUT2D eigenvalue weighted by atomic mass is 32.1. The lowest BCUT2D eigenvalue weighted by Gasteiger charge is -2.34. The number of hydrogen-bond acceptors (Lipinski definition) is 10. The predicted octanol–water partition coefficient (Wildman–Crippen LogP) is 6.97. The van der Waals surface area contributed by atoms with Gasteiger partial charge in [-0.2, -0.15) is 0 Å². The Balaban J connectivity index is 1.13. The molecule has 7 rings (SSSR count). The topological polar surface area (TPSA) is 170 Å². The molecular weight excluding hydrogens is 879 g/mol. The summed E-state index contributed by atoms with van der Waals surface area (Å²) in [5.41, 5.74) is 2.60. The molecule has 15 heteroatoms. The summed E-state index contributed by atoms with van der Waals surface area (Å²) in [7, 11) is 1.94. The molecule has 8 atom stereocenters. The van der Waals surface area contributed by atoms with Gasteiger partial charge in [0.25, 0.3) is 17.7 Å². The summed E-state index contributed by atoms with van der Waals surface area (Å²) < 4.78 is 5.65. The van der Waals surface area contributed by atoms with E-state index in [4.69, 9.17) is 9.72 Å². The van der Waals surface area contributed by atoms with Crippen molar-refractivity contribution in [3.8, 4) is 0 Å². The Bertz CT molecular complexity index is 2370. The number of nitrogens with one attached hydrogen (secondary N) is 3. The number of likely N-dealkylation sites (N-methyl/N-ethyl adjacent to an activating group) is 1. The van der Waals surface area contributed by atoms with Gasteiger partial charge in [0.15, 0.2) is 0 Å². The average Bonchev–Trinajstić information content (AvgIpc) is 4.14. The Morgan fingerprint density at radius 2 is 1.44 bits per heavy atom. The van der Waals surface area contributed by atoms with Crippen LogP contribution in [0.15, 0.2) is 90.3 Å². The summed E-state index contributed by atoms with van der Waals surface area (Å²) in [6, 6.07) is 22.7. The third-order valence-electron chi connectivity index (χ3n) is 14.0. The fourth-order valence-electron chi connectivity index (χ4n) is 9.76. The molecule has 5 amide bonds. The number of amides is 5. The first-order valence-corrected chi connectivity index (χ1v) is 25.2. The number of carbonyl (C=O) groups excluding carboxylic acids is 6. The second-order valence-corrected chi connectivity index (χ2v) is 19.8. The minimum absolute atomic E-state index is 0.152. The molecule has 0 bridgehead atoms. The predicted molar refractivity (Wildman–Crippen MR) is 262 cm³/mol. The highest BCUT2D eigenvalue weighted by molar-refractivity contribution is 7.10. The van der Waals surface area contributed by atoms with Crippen LogP contribution in [0.25, 0.3) is 0 Å². The zero-order valence-corrected chi connectivity index (χ0v) is 40.8. The number of ether oxygens (including phenoxy) is 1. The molecule has 14 nitrogen and oxygen atoms in total. The molecular formula is C53H67N7O7S. The van der Waals surface area contributed by atoms with Gasteiger partial charge in [0, 0.05) is 24.5 Å². The summed E-state index contributed by atoms with van der Waals surface area (Å²) in [6.07, 6.45) is 6.21. The molecule has 3 aliphatic heterocycles. The second kappa shape index (κ2) is 23.4. The normalized spacial score (nSPS) is 21.3. The summed E-state index contributed by atoms with van der Waals surface area (Å²) in [5.74, 6) is -2.57. The third kappa shape index (κ3) is 12.2. The highest BCUT2D eigenvalue weighted by Crippen LogP contribution is 2.40. The van der Waals surface area contributed by atoms with E-state index in [2.05, 4.69) is 16.0 Å². The van der Waals surface area contributed by atoms with Gasteiger partial charge in [-0.25, -0.2) is 4.98 Å². The Morgan fingerprint density at radius 3 is 2.10 bits per heavy atom. The van der Waals surface area contributed by atoms with Crippen LogP contribution < -0.4 is 16.0 Å². The maximum absolute atomic E-state index is 15.0. The lowest BCUT2D eigenvalue weighted by atomic mass is 9.95. The van der Waals surface area contributed by atoms with Crippen LogP contribution in [0, 0.1) is 11.8 Å². The first kappa shape index (κ1) is 50.0. The van der Waals surface area contributed by atoms with Gasteiger partial charge < -0.3 is 30.5 Å². The Kier molecular flexibility index (Phi) is 17.2. The molecule has 1 aromatic heterocycles. The van der Waals surface area contributed by atoms with Crippen molar-refractivity contribution in [1.82, 2.24) is 35.6 Å². The average molecular weight is 946 g/mol. The molecule has 8 unspecified atom stereocenters. The molecule has 0 radical (unpaired) electrons. The Hall–Kier alpha value is -5.93. The fourth-order valence-corrected chi connectivity index (χ4v) is 10.7. The van der Waals surface area contributed by atoms with E-state index < -0.39 is 42.0 Å². The molecule has 3 saturated heterocycles. The number of aromatic nitrogens is 1. The number of likely N-dealkylation sites (tertiary alicyclic amines) is 3. The molecule has 3 fully saturated rings. The van der Waals surface area contributed by atoms with Crippen LogP contribution >= 0.6 is 11.3 Å². The van der Waals surface area contributed by atoms with Gasteiger partial charge in [-0.05, 0) is 94.6 Å². The first-order valence-electron chi connectivity index (χ1n) is 24.4. The number of thiazole rings is 1. The highest BCUT2D eigenvalue weighted by Gasteiger charge is 2.46. The van der Waals surface area contributed by atoms with Gasteiger partial charge in [0.1, 0.15) is 23.4 Å². The van der Waals surface area contributed by atoms with Crippen LogP contribution in [0.2, 0.25) is 0 Å². The van der Waals surface area contributed by atoms with E-state index in [1.807, 2.05) is 93.4 Å². The minimum atomic E-state index is -0.801. The maximum atomic E-state index is 15.0. The molecule has 4 heterocycles. The molecule has 0 saturated carbocycles. The quantitative estimate of drug-likeness (QED) is 0.0893. The van der Waals surface area contributed by atoms with Crippen molar-refractivity contribution < 1.29 is 33.5 Å². The zero-order valence-electron chi connectivity index (χ0n) is 40.0. The Morgan fingerprint density at radius 1 is 0.809 bits per heavy atom. The van der Waals surface area contributed by atoms with Gasteiger partial charge in [0.2, 0.25) is 11.8 Å². The smallest absolute Gasteiger partial charge is 0.309 e. The van der Waals surface area contributed by atoms with Crippen molar-refractivity contribution in [2.75, 3.05) is 26.7 Å². The van der Waals surface area contributed by atoms with Gasteiger partial charge in [-0.15, -0.1) is 11.3 Å². The SMILES string of the molecule is CCC(C)C(NC(=O)C1CCCCN1C)C(=O)NC1CC(c2nc(C(=O)NC(Cc3ccccc3)CC(C)C(=O)OCc3ccccc3)cs2)N(C(=O)c2ccccc2C(=O)N2CCCC2)C1C. The maximum Gasteiger partial charge on any atom is 0.309 e. The Labute approximate surface area is 404 Å². The van der Waals surface area contributed by atoms with E-state index in [0.29, 0.717) is 42.9 Å². The molecule has 0 aliphatic carbocycles. The molecule has 68 heavy (non-hydrogen) atoms. The first-order chi connectivity index (χ1) is 32.8. The van der Waals surface area contributed by atoms with Gasteiger partial charge in [-0.1, -0.05) is 106 Å². The van der Waals surface area contributed by atoms with E-state index in [1.165, 1.54) is 11.3 Å². The van der Waals surface area contributed by atoms with Gasteiger partial charge >= 0.3 is 5.97 Å². The lowest BCUT2D eigenvalue weighted by molar-refractivity contribution is -0.149. The largest absolute Gasteiger partial charge is 0.461 e. The van der Waals surface area contributed by atoms with E-state index in [0.717, 1.165) is 49.8 Å². The number of carbonyl (C=O) groups is 6. The molecule has 362 valence electrons. The van der Waals surface area contributed by atoms with Crippen molar-refractivity contribution in [3.63, 3.8) is 0 Å². The molecule has 3 aliphatic rings. The second-order valence-electron chi connectivity index (χ2n) is 18.9. The number of esters is 1. The third-order valence-corrected chi connectivity index (χ3v) is 15.0. The number of benzene rings is 3. The number of nitrogens with zero attached hydrogens (tertiary/aromatic N) is 4. The summed E-state index contributed by atoms with van der Waals surface area (Å²) in [4.78, 5) is 94.7. The summed E-state index contributed by atoms with van der Waals surface area (Å²) in [6.45, 7) is 9.82. The van der Waals surface area contributed by atoms with Crippen LogP contribution in [0.3, 0.4) is 0 Å². The van der Waals surface area contributed by atoms with Crippen LogP contribution in [-0.2, 0) is 32.1 Å². The van der Waals surface area contributed by atoms with Gasteiger partial charge in [0.05, 0.1) is 41.2 Å². The summed E-state index contributed by atoms with van der Waals surface area (Å²) in [5, 5.41) is 11.6. The van der Waals surface area contributed by atoms with Crippen molar-refractivity contribution >= 4 is 46.8 Å². The fraction of sp³-hybridized carbons (Fsp3) is 0.491. The van der Waals surface area contributed by atoms with Gasteiger partial charge in [-0.3, -0.25) is 33.7 Å². The van der Waals surface area contributed by atoms with Crippen LogP contribution in [-0.4, -0.2) is 112 Å². The summed E-state index contributed by atoms with van der Waals surface area (Å²) >= 11 is 1.25.